The molecule has 1 saturated heterocycles. The van der Waals surface area contributed by atoms with Crippen molar-refractivity contribution in [3.63, 3.8) is 0 Å². The van der Waals surface area contributed by atoms with E-state index in [0.29, 0.717) is 30.7 Å². The number of carbonyl (C=O) groups is 1. The number of ether oxygens (including phenoxy) is 1. The lowest BCUT2D eigenvalue weighted by molar-refractivity contribution is -0.139. The molecule has 0 radical (unpaired) electrons. The van der Waals surface area contributed by atoms with Crippen molar-refractivity contribution in [2.45, 2.75) is 54.2 Å². The molecule has 2 heterocycles. The Kier molecular flexibility index (Phi) is 4.88. The number of aliphatic hydroxyl groups excluding tert-OH is 1. The van der Waals surface area contributed by atoms with Crippen molar-refractivity contribution in [3.8, 4) is 5.75 Å². The molecule has 29 heavy (non-hydrogen) atoms. The van der Waals surface area contributed by atoms with Gasteiger partial charge in [0.1, 0.15) is 17.5 Å². The zero-order chi connectivity index (χ0) is 21.0. The third-order valence-electron chi connectivity index (χ3n) is 5.57. The molecule has 8 heteroatoms. The van der Waals surface area contributed by atoms with Gasteiger partial charge in [0.15, 0.2) is 0 Å². The summed E-state index contributed by atoms with van der Waals surface area (Å²) in [4.78, 5) is 14.1. The molecule has 6 nitrogen and oxygen atoms in total. The van der Waals surface area contributed by atoms with Crippen LogP contribution in [-0.2, 0) is 14.6 Å². The zero-order valence-electron chi connectivity index (χ0n) is 16.1. The normalized spacial score (nSPS) is 23.6. The Hall–Kier alpha value is -2.09. The second-order valence-electron chi connectivity index (χ2n) is 7.92. The first-order valence-corrected chi connectivity index (χ1v) is 11.3. The number of aliphatic hydroxyl groups is 1. The number of sulfone groups is 1. The number of amides is 1. The third kappa shape index (κ3) is 3.31. The van der Waals surface area contributed by atoms with Crippen LogP contribution < -0.4 is 4.74 Å². The van der Waals surface area contributed by atoms with Crippen LogP contribution in [0.3, 0.4) is 0 Å². The smallest absolute Gasteiger partial charge is 0.223 e. The van der Waals surface area contributed by atoms with E-state index >= 15 is 0 Å². The van der Waals surface area contributed by atoms with Crippen LogP contribution in [-0.4, -0.2) is 42.6 Å². The molecule has 1 fully saturated rings. The van der Waals surface area contributed by atoms with Gasteiger partial charge in [0.05, 0.1) is 20.9 Å². The average molecular weight is 436 g/mol. The molecule has 2 aromatic rings. The number of halogens is 1. The van der Waals surface area contributed by atoms with E-state index < -0.39 is 27.6 Å². The van der Waals surface area contributed by atoms with E-state index in [4.69, 9.17) is 16.3 Å². The minimum Gasteiger partial charge on any atom is -0.485 e. The molecule has 0 saturated carbocycles. The molecular weight excluding hydrogens is 414 g/mol. The number of hydrogen-bond donors (Lipinski definition) is 1. The highest BCUT2D eigenvalue weighted by Gasteiger charge is 2.47. The van der Waals surface area contributed by atoms with Crippen molar-refractivity contribution in [1.29, 1.82) is 0 Å². The first-order chi connectivity index (χ1) is 13.6. The lowest BCUT2D eigenvalue weighted by atomic mass is 9.85. The lowest BCUT2D eigenvalue weighted by Crippen LogP contribution is -2.53. The predicted molar refractivity (Wildman–Crippen MR) is 108 cm³/mol. The first kappa shape index (κ1) is 20.2. The summed E-state index contributed by atoms with van der Waals surface area (Å²) < 4.78 is 32.3. The van der Waals surface area contributed by atoms with E-state index in [0.717, 1.165) is 0 Å². The molecule has 2 atom stereocenters. The third-order valence-corrected chi connectivity index (χ3v) is 7.82. The second-order valence-corrected chi connectivity index (χ2v) is 10.2. The molecule has 0 bridgehead atoms. The Bertz CT molecular complexity index is 1080. The summed E-state index contributed by atoms with van der Waals surface area (Å²) >= 11 is 6.12. The van der Waals surface area contributed by atoms with Gasteiger partial charge in [-0.2, -0.15) is 0 Å². The molecule has 0 aliphatic carbocycles. The number of likely N-dealkylation sites (tertiary alicyclic amines) is 1. The standard InChI is InChI=1S/C21H22ClNO5S/c1-21(2)20(25)19(23-11-5-8-18(23)24)14-12-13(9-10-16(14)28-21)29(26,27)17-7-4-3-6-15(17)22/h3-4,6-7,9-10,12,19-20,25H,5,8,11H2,1-2H3/t19-,20+/m1/s1. The van der Waals surface area contributed by atoms with Gasteiger partial charge < -0.3 is 14.7 Å². The van der Waals surface area contributed by atoms with Gasteiger partial charge in [-0.15, -0.1) is 0 Å². The molecule has 2 aromatic carbocycles. The van der Waals surface area contributed by atoms with Crippen LogP contribution in [0.25, 0.3) is 0 Å². The Labute approximate surface area is 175 Å². The number of nitrogens with zero attached hydrogens (tertiary/aromatic N) is 1. The maximum absolute atomic E-state index is 13.2. The van der Waals surface area contributed by atoms with Gasteiger partial charge >= 0.3 is 0 Å². The summed E-state index contributed by atoms with van der Waals surface area (Å²) in [5, 5.41) is 11.1. The van der Waals surface area contributed by atoms with Crippen LogP contribution in [0.4, 0.5) is 0 Å². The molecule has 4 rings (SSSR count). The number of hydrogen-bond acceptors (Lipinski definition) is 5. The van der Waals surface area contributed by atoms with Gasteiger partial charge in [-0.05, 0) is 50.6 Å². The fraction of sp³-hybridized carbons (Fsp3) is 0.381. The largest absolute Gasteiger partial charge is 0.485 e. The highest BCUT2D eigenvalue weighted by Crippen LogP contribution is 2.45. The highest BCUT2D eigenvalue weighted by molar-refractivity contribution is 7.91. The summed E-state index contributed by atoms with van der Waals surface area (Å²) in [6, 6.07) is 10.1. The average Bonchev–Trinajstić information content (AvgIpc) is 3.08. The SMILES string of the molecule is CC1(C)Oc2ccc(S(=O)(=O)c3ccccc3Cl)cc2[C@@H](N2CCCC2=O)[C@@H]1O. The molecule has 2 aliphatic rings. The maximum atomic E-state index is 13.2. The van der Waals surface area contributed by atoms with Crippen molar-refractivity contribution in [2.75, 3.05) is 6.54 Å². The molecule has 0 unspecified atom stereocenters. The minimum absolute atomic E-state index is 0.00743. The number of fused-ring (bicyclic) bond motifs is 1. The number of benzene rings is 2. The monoisotopic (exact) mass is 435 g/mol. The van der Waals surface area contributed by atoms with E-state index in [-0.39, 0.29) is 20.7 Å². The second kappa shape index (κ2) is 7.00. The molecular formula is C21H22ClNO5S. The highest BCUT2D eigenvalue weighted by atomic mass is 35.5. The predicted octanol–water partition coefficient (Wildman–Crippen LogP) is 3.37. The van der Waals surface area contributed by atoms with E-state index in [2.05, 4.69) is 0 Å². The topological polar surface area (TPSA) is 83.9 Å². The van der Waals surface area contributed by atoms with E-state index in [1.807, 2.05) is 0 Å². The van der Waals surface area contributed by atoms with Crippen molar-refractivity contribution >= 4 is 27.3 Å². The summed E-state index contributed by atoms with van der Waals surface area (Å²) in [5.41, 5.74) is -0.441. The van der Waals surface area contributed by atoms with Crippen molar-refractivity contribution in [1.82, 2.24) is 4.90 Å². The fourth-order valence-electron chi connectivity index (χ4n) is 4.00. The zero-order valence-corrected chi connectivity index (χ0v) is 17.7. The Balaban J connectivity index is 1.86. The van der Waals surface area contributed by atoms with Crippen molar-refractivity contribution in [3.05, 3.63) is 53.1 Å². The van der Waals surface area contributed by atoms with E-state index in [9.17, 15) is 18.3 Å². The van der Waals surface area contributed by atoms with Crippen LogP contribution in [0, 0.1) is 0 Å². The van der Waals surface area contributed by atoms with Crippen LogP contribution >= 0.6 is 11.6 Å². The summed E-state index contributed by atoms with van der Waals surface area (Å²) in [6.45, 7) is 4.02. The van der Waals surface area contributed by atoms with Gasteiger partial charge in [0, 0.05) is 18.5 Å². The number of rotatable bonds is 3. The number of carbonyl (C=O) groups excluding carboxylic acids is 1. The Morgan fingerprint density at radius 1 is 1.21 bits per heavy atom. The quantitative estimate of drug-likeness (QED) is 0.799. The van der Waals surface area contributed by atoms with Gasteiger partial charge in [-0.3, -0.25) is 4.79 Å². The fourth-order valence-corrected chi connectivity index (χ4v) is 5.81. The first-order valence-electron chi connectivity index (χ1n) is 9.43. The van der Waals surface area contributed by atoms with Gasteiger partial charge in [-0.25, -0.2) is 8.42 Å². The van der Waals surface area contributed by atoms with Crippen molar-refractivity contribution < 1.29 is 23.1 Å². The van der Waals surface area contributed by atoms with Crippen LogP contribution in [0.5, 0.6) is 5.75 Å². The van der Waals surface area contributed by atoms with Crippen LogP contribution in [0.1, 0.15) is 38.3 Å². The molecule has 2 aliphatic heterocycles. The molecule has 1 amide bonds. The summed E-state index contributed by atoms with van der Waals surface area (Å²) in [5.74, 6) is 0.403. The molecule has 154 valence electrons. The summed E-state index contributed by atoms with van der Waals surface area (Å²) in [6.07, 6.45) is 0.114. The van der Waals surface area contributed by atoms with E-state index in [1.165, 1.54) is 24.3 Å². The van der Waals surface area contributed by atoms with Gasteiger partial charge in [0.2, 0.25) is 15.7 Å². The molecule has 1 N–H and O–H groups in total. The van der Waals surface area contributed by atoms with E-state index in [1.54, 1.807) is 36.9 Å². The Morgan fingerprint density at radius 2 is 1.93 bits per heavy atom. The van der Waals surface area contributed by atoms with Gasteiger partial charge in [0.25, 0.3) is 0 Å². The molecule has 0 spiro atoms. The Morgan fingerprint density at radius 3 is 2.59 bits per heavy atom. The van der Waals surface area contributed by atoms with Crippen molar-refractivity contribution in [2.24, 2.45) is 0 Å². The maximum Gasteiger partial charge on any atom is 0.223 e. The minimum atomic E-state index is -3.88. The molecule has 0 aromatic heterocycles. The van der Waals surface area contributed by atoms with Crippen LogP contribution in [0.15, 0.2) is 52.3 Å². The lowest BCUT2D eigenvalue weighted by Gasteiger charge is -2.45. The summed E-state index contributed by atoms with van der Waals surface area (Å²) in [7, 11) is -3.88. The van der Waals surface area contributed by atoms with Crippen LogP contribution in [0.2, 0.25) is 5.02 Å². The van der Waals surface area contributed by atoms with Gasteiger partial charge in [-0.1, -0.05) is 23.7 Å².